The maximum absolute atomic E-state index is 13.4. The molecular weight excluding hydrogens is 320 g/mol. The van der Waals surface area contributed by atoms with Gasteiger partial charge in [-0.15, -0.1) is 11.3 Å². The number of aromatic nitrogens is 2. The van der Waals surface area contributed by atoms with Gasteiger partial charge in [0.15, 0.2) is 0 Å². The zero-order valence-corrected chi connectivity index (χ0v) is 15.1. The van der Waals surface area contributed by atoms with E-state index < -0.39 is 0 Å². The average molecular weight is 344 g/mol. The summed E-state index contributed by atoms with van der Waals surface area (Å²) in [4.78, 5) is 16.9. The van der Waals surface area contributed by atoms with Gasteiger partial charge in [0.1, 0.15) is 0 Å². The van der Waals surface area contributed by atoms with Gasteiger partial charge in [0.05, 0.1) is 18.2 Å². The predicted molar refractivity (Wildman–Crippen MR) is 95.1 cm³/mol. The molecule has 2 aromatic rings. The molecule has 2 aliphatic heterocycles. The van der Waals surface area contributed by atoms with Crippen LogP contribution in [0, 0.1) is 5.92 Å². The Labute approximate surface area is 146 Å². The number of aryl methyl sites for hydroxylation is 1. The molecule has 1 saturated heterocycles. The minimum Gasteiger partial charge on any atom is -0.335 e. The van der Waals surface area contributed by atoms with Crippen molar-refractivity contribution in [2.24, 2.45) is 13.0 Å². The van der Waals surface area contributed by atoms with Gasteiger partial charge in [-0.05, 0) is 35.4 Å². The van der Waals surface area contributed by atoms with Crippen molar-refractivity contribution in [3.63, 3.8) is 0 Å². The number of rotatable bonds is 3. The lowest BCUT2D eigenvalue weighted by Crippen LogP contribution is -2.44. The van der Waals surface area contributed by atoms with E-state index in [9.17, 15) is 4.79 Å². The van der Waals surface area contributed by atoms with Gasteiger partial charge < -0.3 is 10.2 Å². The van der Waals surface area contributed by atoms with Crippen molar-refractivity contribution >= 4 is 17.2 Å². The first kappa shape index (κ1) is 15.8. The van der Waals surface area contributed by atoms with Gasteiger partial charge >= 0.3 is 0 Å². The monoisotopic (exact) mass is 344 g/mol. The standard InChI is InChI=1S/C18H24N4OS/c1-3-16-13-5-7-24-17(13)4-6-22(16)18(23)15-10-19-9-14(15)12-8-20-21(2)11-12/h5,7-8,11,14-16,19H,3-4,6,9-10H2,1-2H3/t14-,15+,16?/m1/s1. The van der Waals surface area contributed by atoms with Crippen molar-refractivity contribution in [2.75, 3.05) is 19.6 Å². The molecule has 4 rings (SSSR count). The van der Waals surface area contributed by atoms with Crippen molar-refractivity contribution in [3.8, 4) is 0 Å². The summed E-state index contributed by atoms with van der Waals surface area (Å²) in [6.07, 6.45) is 5.92. The zero-order valence-electron chi connectivity index (χ0n) is 14.2. The van der Waals surface area contributed by atoms with Crippen LogP contribution in [-0.4, -0.2) is 40.2 Å². The number of hydrogen-bond donors (Lipinski definition) is 1. The van der Waals surface area contributed by atoms with E-state index >= 15 is 0 Å². The number of nitrogens with one attached hydrogen (secondary N) is 1. The zero-order chi connectivity index (χ0) is 16.7. The molecule has 6 heteroatoms. The molecule has 0 spiro atoms. The molecule has 0 bridgehead atoms. The van der Waals surface area contributed by atoms with E-state index in [1.165, 1.54) is 16.0 Å². The van der Waals surface area contributed by atoms with E-state index in [1.807, 2.05) is 35.5 Å². The summed E-state index contributed by atoms with van der Waals surface area (Å²) in [5.74, 6) is 0.550. The van der Waals surface area contributed by atoms with Crippen LogP contribution in [-0.2, 0) is 18.3 Å². The summed E-state index contributed by atoms with van der Waals surface area (Å²) in [6, 6.07) is 2.45. The van der Waals surface area contributed by atoms with Crippen LogP contribution in [0.25, 0.3) is 0 Å². The van der Waals surface area contributed by atoms with Crippen LogP contribution in [0.15, 0.2) is 23.8 Å². The second kappa shape index (κ2) is 6.33. The minimum atomic E-state index is 0.0171. The van der Waals surface area contributed by atoms with Gasteiger partial charge in [-0.1, -0.05) is 6.92 Å². The molecule has 2 aromatic heterocycles. The largest absolute Gasteiger partial charge is 0.335 e. The molecular formula is C18H24N4OS. The predicted octanol–water partition coefficient (Wildman–Crippen LogP) is 2.32. The van der Waals surface area contributed by atoms with E-state index in [0.29, 0.717) is 5.91 Å². The van der Waals surface area contributed by atoms with E-state index in [4.69, 9.17) is 0 Å². The molecule has 1 unspecified atom stereocenters. The lowest BCUT2D eigenvalue weighted by Gasteiger charge is -2.37. The molecule has 5 nitrogen and oxygen atoms in total. The van der Waals surface area contributed by atoms with E-state index in [0.717, 1.165) is 32.5 Å². The third-order valence-corrected chi connectivity index (χ3v) is 6.45. The second-order valence-electron chi connectivity index (χ2n) is 6.82. The Kier molecular flexibility index (Phi) is 4.18. The topological polar surface area (TPSA) is 50.2 Å². The maximum atomic E-state index is 13.4. The second-order valence-corrected chi connectivity index (χ2v) is 7.82. The van der Waals surface area contributed by atoms with Crippen LogP contribution in [0.5, 0.6) is 0 Å². The summed E-state index contributed by atoms with van der Waals surface area (Å²) in [6.45, 7) is 4.66. The summed E-state index contributed by atoms with van der Waals surface area (Å²) in [5, 5.41) is 9.87. The molecule has 0 saturated carbocycles. The molecule has 0 radical (unpaired) electrons. The SMILES string of the molecule is CCC1c2ccsc2CCN1C(=O)[C@H]1CNC[C@@H]1c1cnn(C)c1. The van der Waals surface area contributed by atoms with Crippen LogP contribution in [0.2, 0.25) is 0 Å². The number of nitrogens with zero attached hydrogens (tertiary/aromatic N) is 3. The van der Waals surface area contributed by atoms with Crippen LogP contribution >= 0.6 is 11.3 Å². The Morgan fingerprint density at radius 3 is 3.08 bits per heavy atom. The molecule has 0 aromatic carbocycles. The fourth-order valence-corrected chi connectivity index (χ4v) is 5.16. The van der Waals surface area contributed by atoms with Gasteiger partial charge in [0, 0.05) is 43.7 Å². The van der Waals surface area contributed by atoms with Crippen LogP contribution in [0.3, 0.4) is 0 Å². The molecule has 128 valence electrons. The molecule has 1 N–H and O–H groups in total. The highest BCUT2D eigenvalue weighted by Crippen LogP contribution is 2.38. The van der Waals surface area contributed by atoms with Crippen LogP contribution in [0.1, 0.15) is 41.3 Å². The molecule has 0 aliphatic carbocycles. The Bertz CT molecular complexity index is 737. The Hall–Kier alpha value is -1.66. The number of carbonyl (C=O) groups excluding carboxylic acids is 1. The first-order valence-electron chi connectivity index (χ1n) is 8.75. The highest BCUT2D eigenvalue weighted by atomic mass is 32.1. The van der Waals surface area contributed by atoms with E-state index in [-0.39, 0.29) is 17.9 Å². The number of amides is 1. The number of carbonyl (C=O) groups is 1. The minimum absolute atomic E-state index is 0.0171. The molecule has 1 amide bonds. The van der Waals surface area contributed by atoms with Gasteiger partial charge in [-0.3, -0.25) is 9.48 Å². The Morgan fingerprint density at radius 2 is 2.33 bits per heavy atom. The first-order chi connectivity index (χ1) is 11.7. The summed E-state index contributed by atoms with van der Waals surface area (Å²) < 4.78 is 1.82. The van der Waals surface area contributed by atoms with E-state index in [2.05, 4.69) is 33.7 Å². The lowest BCUT2D eigenvalue weighted by atomic mass is 9.88. The maximum Gasteiger partial charge on any atom is 0.228 e. The molecule has 4 heterocycles. The normalized spacial score (nSPS) is 26.6. The molecule has 2 aliphatic rings. The van der Waals surface area contributed by atoms with Crippen molar-refractivity contribution in [2.45, 2.75) is 31.7 Å². The first-order valence-corrected chi connectivity index (χ1v) is 9.63. The average Bonchev–Trinajstić information content (AvgIpc) is 3.32. The molecule has 3 atom stereocenters. The highest BCUT2D eigenvalue weighted by Gasteiger charge is 2.40. The van der Waals surface area contributed by atoms with Crippen LogP contribution in [0.4, 0.5) is 0 Å². The van der Waals surface area contributed by atoms with Gasteiger partial charge in [0.25, 0.3) is 0 Å². The fraction of sp³-hybridized carbons (Fsp3) is 0.556. The summed E-state index contributed by atoms with van der Waals surface area (Å²) >= 11 is 1.83. The Morgan fingerprint density at radius 1 is 1.46 bits per heavy atom. The Balaban J connectivity index is 1.58. The van der Waals surface area contributed by atoms with Crippen molar-refractivity contribution < 1.29 is 4.79 Å². The fourth-order valence-electron chi connectivity index (χ4n) is 4.23. The quantitative estimate of drug-likeness (QED) is 0.930. The van der Waals surface area contributed by atoms with Crippen molar-refractivity contribution in [1.82, 2.24) is 20.0 Å². The number of fused-ring (bicyclic) bond motifs is 1. The van der Waals surface area contributed by atoms with Gasteiger partial charge in [-0.2, -0.15) is 5.10 Å². The molecule has 1 fully saturated rings. The van der Waals surface area contributed by atoms with Crippen molar-refractivity contribution in [3.05, 3.63) is 39.8 Å². The van der Waals surface area contributed by atoms with Gasteiger partial charge in [-0.25, -0.2) is 0 Å². The number of hydrogen-bond acceptors (Lipinski definition) is 4. The smallest absolute Gasteiger partial charge is 0.228 e. The van der Waals surface area contributed by atoms with Crippen molar-refractivity contribution in [1.29, 1.82) is 0 Å². The highest BCUT2D eigenvalue weighted by molar-refractivity contribution is 7.10. The lowest BCUT2D eigenvalue weighted by molar-refractivity contribution is -0.138. The van der Waals surface area contributed by atoms with Gasteiger partial charge in [0.2, 0.25) is 5.91 Å². The molecule has 24 heavy (non-hydrogen) atoms. The number of thiophene rings is 1. The summed E-state index contributed by atoms with van der Waals surface area (Å²) in [7, 11) is 1.93. The third-order valence-electron chi connectivity index (χ3n) is 5.45. The summed E-state index contributed by atoms with van der Waals surface area (Å²) in [5.41, 5.74) is 2.54. The van der Waals surface area contributed by atoms with E-state index in [1.54, 1.807) is 0 Å². The third kappa shape index (κ3) is 2.58. The van der Waals surface area contributed by atoms with Crippen LogP contribution < -0.4 is 5.32 Å².